The first-order valence-electron chi connectivity index (χ1n) is 9.10. The van der Waals surface area contributed by atoms with E-state index in [4.69, 9.17) is 11.6 Å². The van der Waals surface area contributed by atoms with E-state index in [1.807, 2.05) is 0 Å². The summed E-state index contributed by atoms with van der Waals surface area (Å²) in [7, 11) is -4.01. The number of nitrogens with one attached hydrogen (secondary N) is 1. The van der Waals surface area contributed by atoms with Crippen molar-refractivity contribution in [1.29, 1.82) is 0 Å². The largest absolute Gasteiger partial charge is 0.345 e. The Balaban J connectivity index is 1.56. The first-order valence-corrected chi connectivity index (χ1v) is 11.0. The number of nitrogens with zero attached hydrogens (tertiary/aromatic N) is 5. The smallest absolute Gasteiger partial charge is 0.252 e. The van der Waals surface area contributed by atoms with E-state index in [9.17, 15) is 17.6 Å². The Bertz CT molecular complexity index is 1380. The summed E-state index contributed by atoms with van der Waals surface area (Å²) in [6.07, 6.45) is 4.38. The van der Waals surface area contributed by atoms with E-state index in [1.54, 1.807) is 18.5 Å². The summed E-state index contributed by atoms with van der Waals surface area (Å²) in [6.45, 7) is -0.0242. The fourth-order valence-electron chi connectivity index (χ4n) is 2.81. The van der Waals surface area contributed by atoms with Crippen molar-refractivity contribution in [2.45, 2.75) is 16.3 Å². The number of benzene rings is 2. The summed E-state index contributed by atoms with van der Waals surface area (Å²) in [5.74, 6) is -0.495. The van der Waals surface area contributed by atoms with Crippen LogP contribution in [0.4, 0.5) is 4.39 Å². The van der Waals surface area contributed by atoms with Gasteiger partial charge in [0.1, 0.15) is 12.1 Å². The van der Waals surface area contributed by atoms with Gasteiger partial charge in [-0.1, -0.05) is 11.6 Å². The number of halogens is 2. The number of aromatic nitrogens is 5. The molecule has 0 saturated carbocycles. The highest BCUT2D eigenvalue weighted by molar-refractivity contribution is 7.91. The Hall–Kier alpha value is -3.70. The van der Waals surface area contributed by atoms with E-state index >= 15 is 0 Å². The minimum atomic E-state index is -4.01. The zero-order valence-corrected chi connectivity index (χ0v) is 17.8. The number of carbonyl (C=O) groups is 1. The van der Waals surface area contributed by atoms with Crippen molar-refractivity contribution in [1.82, 2.24) is 30.0 Å². The van der Waals surface area contributed by atoms with Gasteiger partial charge >= 0.3 is 0 Å². The van der Waals surface area contributed by atoms with Crippen molar-refractivity contribution in [2.75, 3.05) is 0 Å². The zero-order valence-electron chi connectivity index (χ0n) is 16.2. The van der Waals surface area contributed by atoms with Crippen molar-refractivity contribution < 1.29 is 17.6 Å². The minimum Gasteiger partial charge on any atom is -0.345 e. The lowest BCUT2D eigenvalue weighted by Gasteiger charge is -2.09. The lowest BCUT2D eigenvalue weighted by Crippen LogP contribution is -2.25. The summed E-state index contributed by atoms with van der Waals surface area (Å²) >= 11 is 6.07. The molecule has 12 heteroatoms. The lowest BCUT2D eigenvalue weighted by molar-refractivity contribution is 0.0949. The third-order valence-corrected chi connectivity index (χ3v) is 6.30. The van der Waals surface area contributed by atoms with Crippen LogP contribution < -0.4 is 5.32 Å². The molecule has 0 radical (unpaired) electrons. The van der Waals surface area contributed by atoms with Gasteiger partial charge in [0, 0.05) is 23.0 Å². The van der Waals surface area contributed by atoms with Crippen molar-refractivity contribution in [3.8, 4) is 5.95 Å². The quantitative estimate of drug-likeness (QED) is 0.428. The number of hydrogen-bond donors (Lipinski definition) is 1. The average Bonchev–Trinajstić information content (AvgIpc) is 3.26. The molecule has 9 nitrogen and oxygen atoms in total. The molecule has 0 spiro atoms. The number of hydrogen-bond acceptors (Lipinski definition) is 7. The van der Waals surface area contributed by atoms with Crippen molar-refractivity contribution in [3.05, 3.63) is 89.5 Å². The second-order valence-electron chi connectivity index (χ2n) is 6.45. The Morgan fingerprint density at radius 2 is 1.75 bits per heavy atom. The zero-order chi connectivity index (χ0) is 22.7. The van der Waals surface area contributed by atoms with E-state index in [-0.39, 0.29) is 32.9 Å². The molecule has 32 heavy (non-hydrogen) atoms. The van der Waals surface area contributed by atoms with E-state index in [0.717, 1.165) is 24.3 Å². The maximum atomic E-state index is 13.2. The monoisotopic (exact) mass is 472 g/mol. The summed E-state index contributed by atoms with van der Waals surface area (Å²) in [4.78, 5) is 24.6. The number of carbonyl (C=O) groups excluding carboxylic acids is 1. The second kappa shape index (κ2) is 8.81. The highest BCUT2D eigenvalue weighted by Crippen LogP contribution is 2.25. The molecule has 4 rings (SSSR count). The van der Waals surface area contributed by atoms with Gasteiger partial charge in [0.15, 0.2) is 5.82 Å². The van der Waals surface area contributed by atoms with Crippen LogP contribution in [0.3, 0.4) is 0 Å². The molecule has 2 aromatic carbocycles. The second-order valence-corrected chi connectivity index (χ2v) is 8.84. The normalized spacial score (nSPS) is 11.3. The molecule has 2 heterocycles. The van der Waals surface area contributed by atoms with Gasteiger partial charge in [-0.05, 0) is 48.5 Å². The molecule has 162 valence electrons. The van der Waals surface area contributed by atoms with E-state index < -0.39 is 21.6 Å². The third kappa shape index (κ3) is 4.48. The van der Waals surface area contributed by atoms with Crippen LogP contribution in [-0.4, -0.2) is 39.1 Å². The maximum Gasteiger partial charge on any atom is 0.252 e. The molecule has 4 aromatic rings. The van der Waals surface area contributed by atoms with Crippen LogP contribution in [0.5, 0.6) is 0 Å². The summed E-state index contributed by atoms with van der Waals surface area (Å²) in [5.41, 5.74) is 0.0280. The van der Waals surface area contributed by atoms with E-state index in [0.29, 0.717) is 5.82 Å². The summed E-state index contributed by atoms with van der Waals surface area (Å²) < 4.78 is 40.3. The van der Waals surface area contributed by atoms with E-state index in [1.165, 1.54) is 29.2 Å². The Morgan fingerprint density at radius 1 is 1.03 bits per heavy atom. The first-order chi connectivity index (χ1) is 15.3. The number of rotatable bonds is 6. The van der Waals surface area contributed by atoms with Gasteiger partial charge in [0.05, 0.1) is 16.3 Å². The molecule has 0 atom stereocenters. The average molecular weight is 473 g/mol. The molecule has 0 fully saturated rings. The number of sulfone groups is 1. The van der Waals surface area contributed by atoms with Gasteiger partial charge in [-0.15, -0.1) is 0 Å². The highest BCUT2D eigenvalue weighted by Gasteiger charge is 2.21. The van der Waals surface area contributed by atoms with Crippen molar-refractivity contribution >= 4 is 27.3 Å². The Morgan fingerprint density at radius 3 is 2.47 bits per heavy atom. The van der Waals surface area contributed by atoms with Crippen molar-refractivity contribution in [3.63, 3.8) is 0 Å². The van der Waals surface area contributed by atoms with Crippen LogP contribution in [0.15, 0.2) is 77.0 Å². The van der Waals surface area contributed by atoms with Crippen LogP contribution in [0, 0.1) is 5.82 Å². The van der Waals surface area contributed by atoms with Crippen LogP contribution in [0.1, 0.15) is 16.2 Å². The summed E-state index contributed by atoms with van der Waals surface area (Å²) in [6, 6.07) is 9.78. The standard InChI is InChI=1S/C20H14ClFN6O3S/c21-14-8-13(9-17(10-14)32(30,31)16-4-2-15(22)3-5-16)19(29)25-11-18-26-12-27-28(18)20-23-6-1-7-24-20/h1-10,12H,11H2,(H,25,29). The third-order valence-electron chi connectivity index (χ3n) is 4.33. The van der Waals surface area contributed by atoms with Gasteiger partial charge in [0.2, 0.25) is 9.84 Å². The molecule has 0 aliphatic carbocycles. The minimum absolute atomic E-state index is 0.0242. The predicted octanol–water partition coefficient (Wildman–Crippen LogP) is 2.61. The Kier molecular flexibility index (Phi) is 5.93. The van der Waals surface area contributed by atoms with Crippen LogP contribution >= 0.6 is 11.6 Å². The Labute approximate surface area is 186 Å². The van der Waals surface area contributed by atoms with Crippen molar-refractivity contribution in [2.24, 2.45) is 0 Å². The first kappa shape index (κ1) is 21.5. The molecule has 0 aliphatic rings. The van der Waals surface area contributed by atoms with Gasteiger partial charge in [-0.25, -0.2) is 27.8 Å². The van der Waals surface area contributed by atoms with Gasteiger partial charge in [-0.3, -0.25) is 4.79 Å². The molecule has 0 unspecified atom stereocenters. The van der Waals surface area contributed by atoms with Crippen LogP contribution in [0.25, 0.3) is 5.95 Å². The molecular formula is C20H14ClFN6O3S. The molecule has 0 aliphatic heterocycles. The molecule has 0 saturated heterocycles. The lowest BCUT2D eigenvalue weighted by atomic mass is 10.2. The van der Waals surface area contributed by atoms with Crippen LogP contribution in [-0.2, 0) is 16.4 Å². The SMILES string of the molecule is O=C(NCc1ncnn1-c1ncccn1)c1cc(Cl)cc(S(=O)(=O)c2ccc(F)cc2)c1. The molecular weight excluding hydrogens is 459 g/mol. The molecule has 1 N–H and O–H groups in total. The maximum absolute atomic E-state index is 13.2. The van der Waals surface area contributed by atoms with Gasteiger partial charge in [-0.2, -0.15) is 9.78 Å². The highest BCUT2D eigenvalue weighted by atomic mass is 35.5. The fourth-order valence-corrected chi connectivity index (χ4v) is 4.44. The number of amides is 1. The predicted molar refractivity (Wildman–Crippen MR) is 111 cm³/mol. The molecule has 2 aromatic heterocycles. The topological polar surface area (TPSA) is 120 Å². The fraction of sp³-hybridized carbons (Fsp3) is 0.0500. The molecule has 1 amide bonds. The van der Waals surface area contributed by atoms with Gasteiger partial charge in [0.25, 0.3) is 11.9 Å². The summed E-state index contributed by atoms with van der Waals surface area (Å²) in [5, 5.41) is 6.74. The van der Waals surface area contributed by atoms with Crippen LogP contribution in [0.2, 0.25) is 5.02 Å². The van der Waals surface area contributed by atoms with E-state index in [2.05, 4.69) is 25.4 Å². The van der Waals surface area contributed by atoms with Gasteiger partial charge < -0.3 is 5.32 Å². The molecule has 0 bridgehead atoms.